The molecule has 3 N–H and O–H groups in total. The zero-order chi connectivity index (χ0) is 13.1. The van der Waals surface area contributed by atoms with Crippen molar-refractivity contribution in [1.82, 2.24) is 5.32 Å². The number of benzene rings is 2. The summed E-state index contributed by atoms with van der Waals surface area (Å²) in [6.45, 7) is 0.916. The van der Waals surface area contributed by atoms with Crippen molar-refractivity contribution in [2.45, 2.75) is 31.8 Å². The standard InChI is InChI=1S/C17H20N2/c18-15-10-9-14-7-4-8-17(16(14)11-15)19-12-13-5-2-1-3-6-13/h1-3,5-6,9-11,17,19H,4,7-8,12,18H2. The lowest BCUT2D eigenvalue weighted by molar-refractivity contribution is 0.459. The molecule has 0 aromatic heterocycles. The lowest BCUT2D eigenvalue weighted by Gasteiger charge is -2.27. The van der Waals surface area contributed by atoms with Crippen LogP contribution in [0.4, 0.5) is 5.69 Å². The van der Waals surface area contributed by atoms with Gasteiger partial charge in [0.25, 0.3) is 0 Å². The van der Waals surface area contributed by atoms with Crippen molar-refractivity contribution in [2.24, 2.45) is 0 Å². The first-order valence-corrected chi connectivity index (χ1v) is 6.98. The predicted molar refractivity (Wildman–Crippen MR) is 79.8 cm³/mol. The highest BCUT2D eigenvalue weighted by Gasteiger charge is 2.19. The summed E-state index contributed by atoms with van der Waals surface area (Å²) in [4.78, 5) is 0. The number of aryl methyl sites for hydroxylation is 1. The third-order valence-electron chi connectivity index (χ3n) is 3.88. The first-order valence-electron chi connectivity index (χ1n) is 6.98. The number of hydrogen-bond donors (Lipinski definition) is 2. The zero-order valence-electron chi connectivity index (χ0n) is 11.1. The molecule has 0 saturated carbocycles. The highest BCUT2D eigenvalue weighted by molar-refractivity contribution is 5.47. The molecule has 19 heavy (non-hydrogen) atoms. The van der Waals surface area contributed by atoms with Gasteiger partial charge < -0.3 is 11.1 Å². The van der Waals surface area contributed by atoms with Gasteiger partial charge in [-0.25, -0.2) is 0 Å². The molecule has 0 radical (unpaired) electrons. The smallest absolute Gasteiger partial charge is 0.0326 e. The summed E-state index contributed by atoms with van der Waals surface area (Å²) >= 11 is 0. The van der Waals surface area contributed by atoms with Gasteiger partial charge in [-0.05, 0) is 48.1 Å². The first-order chi connectivity index (χ1) is 9.33. The molecule has 0 bridgehead atoms. The Kier molecular flexibility index (Phi) is 3.51. The normalized spacial score (nSPS) is 18.0. The van der Waals surface area contributed by atoms with E-state index in [0.29, 0.717) is 6.04 Å². The predicted octanol–water partition coefficient (Wildman–Crippen LogP) is 3.44. The van der Waals surface area contributed by atoms with E-state index in [9.17, 15) is 0 Å². The summed E-state index contributed by atoms with van der Waals surface area (Å²) in [6.07, 6.45) is 3.63. The second-order valence-electron chi connectivity index (χ2n) is 5.27. The summed E-state index contributed by atoms with van der Waals surface area (Å²) in [5, 5.41) is 3.67. The minimum absolute atomic E-state index is 0.437. The van der Waals surface area contributed by atoms with E-state index in [2.05, 4.69) is 47.8 Å². The molecular formula is C17H20N2. The molecule has 1 aliphatic carbocycles. The molecular weight excluding hydrogens is 232 g/mol. The van der Waals surface area contributed by atoms with E-state index in [1.54, 1.807) is 0 Å². The molecule has 0 saturated heterocycles. The third-order valence-corrected chi connectivity index (χ3v) is 3.88. The second-order valence-corrected chi connectivity index (χ2v) is 5.27. The summed E-state index contributed by atoms with van der Waals surface area (Å²) in [6, 6.07) is 17.3. The van der Waals surface area contributed by atoms with Crippen LogP contribution in [-0.4, -0.2) is 0 Å². The number of hydrogen-bond acceptors (Lipinski definition) is 2. The van der Waals surface area contributed by atoms with Crippen molar-refractivity contribution in [2.75, 3.05) is 5.73 Å². The molecule has 0 aliphatic heterocycles. The maximum absolute atomic E-state index is 5.92. The average Bonchev–Trinajstić information content (AvgIpc) is 2.46. The molecule has 2 aromatic carbocycles. The quantitative estimate of drug-likeness (QED) is 0.821. The number of rotatable bonds is 3. The lowest BCUT2D eigenvalue weighted by Crippen LogP contribution is -2.25. The molecule has 0 fully saturated rings. The van der Waals surface area contributed by atoms with Gasteiger partial charge >= 0.3 is 0 Å². The van der Waals surface area contributed by atoms with Crippen LogP contribution in [0.3, 0.4) is 0 Å². The number of nitrogens with two attached hydrogens (primary N) is 1. The fourth-order valence-electron chi connectivity index (χ4n) is 2.87. The Balaban J connectivity index is 1.75. The molecule has 98 valence electrons. The molecule has 0 spiro atoms. The molecule has 2 aromatic rings. The average molecular weight is 252 g/mol. The Labute approximate surface area is 114 Å². The van der Waals surface area contributed by atoms with Gasteiger partial charge in [-0.1, -0.05) is 36.4 Å². The van der Waals surface area contributed by atoms with Crippen molar-refractivity contribution >= 4 is 5.69 Å². The first kappa shape index (κ1) is 12.2. The highest BCUT2D eigenvalue weighted by Crippen LogP contribution is 2.31. The summed E-state index contributed by atoms with van der Waals surface area (Å²) < 4.78 is 0. The minimum Gasteiger partial charge on any atom is -0.399 e. The van der Waals surface area contributed by atoms with Crippen molar-refractivity contribution in [3.8, 4) is 0 Å². The minimum atomic E-state index is 0.437. The van der Waals surface area contributed by atoms with Gasteiger partial charge in [0.05, 0.1) is 0 Å². The van der Waals surface area contributed by atoms with Gasteiger partial charge in [0.15, 0.2) is 0 Å². The monoisotopic (exact) mass is 252 g/mol. The van der Waals surface area contributed by atoms with Crippen LogP contribution in [0.2, 0.25) is 0 Å². The van der Waals surface area contributed by atoms with Gasteiger partial charge in [0, 0.05) is 18.3 Å². The Hall–Kier alpha value is -1.80. The van der Waals surface area contributed by atoms with Crippen LogP contribution in [-0.2, 0) is 13.0 Å². The maximum atomic E-state index is 5.92. The van der Waals surface area contributed by atoms with Crippen LogP contribution < -0.4 is 11.1 Å². The fraction of sp³-hybridized carbons (Fsp3) is 0.294. The van der Waals surface area contributed by atoms with Crippen LogP contribution in [0.5, 0.6) is 0 Å². The van der Waals surface area contributed by atoms with Crippen LogP contribution in [0.15, 0.2) is 48.5 Å². The van der Waals surface area contributed by atoms with Crippen LogP contribution in [0.25, 0.3) is 0 Å². The molecule has 2 nitrogen and oxygen atoms in total. The van der Waals surface area contributed by atoms with Gasteiger partial charge in [-0.2, -0.15) is 0 Å². The summed E-state index contributed by atoms with van der Waals surface area (Å²) in [5.74, 6) is 0. The molecule has 3 rings (SSSR count). The van der Waals surface area contributed by atoms with Crippen molar-refractivity contribution in [3.05, 3.63) is 65.2 Å². The lowest BCUT2D eigenvalue weighted by atomic mass is 9.87. The Morgan fingerprint density at radius 3 is 2.79 bits per heavy atom. The Bertz CT molecular complexity index is 548. The SMILES string of the molecule is Nc1ccc2c(c1)C(NCc1ccccc1)CCC2. The molecule has 0 heterocycles. The number of nitrogens with one attached hydrogen (secondary N) is 1. The van der Waals surface area contributed by atoms with E-state index in [0.717, 1.165) is 12.2 Å². The summed E-state index contributed by atoms with van der Waals surface area (Å²) in [7, 11) is 0. The van der Waals surface area contributed by atoms with Crippen molar-refractivity contribution in [1.29, 1.82) is 0 Å². The van der Waals surface area contributed by atoms with Crippen LogP contribution >= 0.6 is 0 Å². The van der Waals surface area contributed by atoms with E-state index in [1.165, 1.54) is 36.0 Å². The van der Waals surface area contributed by atoms with Crippen LogP contribution in [0, 0.1) is 0 Å². The number of fused-ring (bicyclic) bond motifs is 1. The Morgan fingerprint density at radius 2 is 1.95 bits per heavy atom. The van der Waals surface area contributed by atoms with Crippen molar-refractivity contribution in [3.63, 3.8) is 0 Å². The largest absolute Gasteiger partial charge is 0.399 e. The van der Waals surface area contributed by atoms with Crippen molar-refractivity contribution < 1.29 is 0 Å². The number of anilines is 1. The van der Waals surface area contributed by atoms with E-state index in [4.69, 9.17) is 5.73 Å². The molecule has 1 atom stereocenters. The summed E-state index contributed by atoms with van der Waals surface area (Å²) in [5.41, 5.74) is 11.0. The van der Waals surface area contributed by atoms with E-state index >= 15 is 0 Å². The van der Waals surface area contributed by atoms with Gasteiger partial charge in [-0.15, -0.1) is 0 Å². The van der Waals surface area contributed by atoms with E-state index in [1.807, 2.05) is 6.07 Å². The molecule has 2 heteroatoms. The highest BCUT2D eigenvalue weighted by atomic mass is 14.9. The zero-order valence-corrected chi connectivity index (χ0v) is 11.1. The fourth-order valence-corrected chi connectivity index (χ4v) is 2.87. The van der Waals surface area contributed by atoms with E-state index < -0.39 is 0 Å². The second kappa shape index (κ2) is 5.45. The van der Waals surface area contributed by atoms with Gasteiger partial charge in [0.2, 0.25) is 0 Å². The van der Waals surface area contributed by atoms with E-state index in [-0.39, 0.29) is 0 Å². The maximum Gasteiger partial charge on any atom is 0.0326 e. The molecule has 1 unspecified atom stereocenters. The van der Waals surface area contributed by atoms with Gasteiger partial charge in [0.1, 0.15) is 0 Å². The Morgan fingerprint density at radius 1 is 1.11 bits per heavy atom. The number of nitrogen functional groups attached to an aromatic ring is 1. The van der Waals surface area contributed by atoms with Crippen LogP contribution in [0.1, 0.15) is 35.6 Å². The van der Waals surface area contributed by atoms with Gasteiger partial charge in [-0.3, -0.25) is 0 Å². The topological polar surface area (TPSA) is 38.0 Å². The molecule has 0 amide bonds. The third kappa shape index (κ3) is 2.79. The molecule has 1 aliphatic rings.